The number of thiazole rings is 1. The van der Waals surface area contributed by atoms with Crippen LogP contribution in [-0.4, -0.2) is 79.4 Å². The molecule has 1 aromatic heterocycles. The van der Waals surface area contributed by atoms with Crippen molar-refractivity contribution >= 4 is 41.0 Å². The molecule has 14 heteroatoms. The fourth-order valence-corrected chi connectivity index (χ4v) is 7.43. The molecule has 3 amide bonds. The van der Waals surface area contributed by atoms with Crippen LogP contribution in [-0.2, 0) is 35.1 Å². The van der Waals surface area contributed by atoms with Gasteiger partial charge in [0.05, 0.1) is 13.0 Å². The van der Waals surface area contributed by atoms with Crippen LogP contribution in [0.25, 0.3) is 0 Å². The Hall–Kier alpha value is -4.69. The molecule has 12 nitrogen and oxygen atoms in total. The molecular weight excluding hydrogens is 738 g/mol. The third-order valence-corrected chi connectivity index (χ3v) is 10.7. The van der Waals surface area contributed by atoms with E-state index in [0.29, 0.717) is 29.8 Å². The number of likely N-dealkylation sites (N-methyl/N-ethyl adjacent to an activating group) is 1. The van der Waals surface area contributed by atoms with E-state index in [9.17, 15) is 28.4 Å². The second kappa shape index (κ2) is 22.8. The molecule has 0 fully saturated rings. The molecule has 3 aromatic rings. The number of hydrogen-bond donors (Lipinski definition) is 3. The predicted molar refractivity (Wildman–Crippen MR) is 214 cm³/mol. The highest BCUT2D eigenvalue weighted by Crippen LogP contribution is 2.32. The van der Waals surface area contributed by atoms with E-state index in [0.717, 1.165) is 36.3 Å². The van der Waals surface area contributed by atoms with Gasteiger partial charge in [-0.1, -0.05) is 76.6 Å². The molecule has 0 bridgehead atoms. The van der Waals surface area contributed by atoms with Crippen molar-refractivity contribution in [3.05, 3.63) is 87.6 Å². The van der Waals surface area contributed by atoms with E-state index in [1.807, 2.05) is 58.2 Å². The lowest BCUT2D eigenvalue weighted by atomic mass is 9.94. The number of carbonyl (C=O) groups excluding carboxylic acids is 5. The van der Waals surface area contributed by atoms with E-state index in [1.165, 1.54) is 43.2 Å². The fraction of sp³-hybridized carbons (Fsp3) is 0.524. The lowest BCUT2D eigenvalue weighted by molar-refractivity contribution is -0.149. The Kier molecular flexibility index (Phi) is 18.6. The van der Waals surface area contributed by atoms with Gasteiger partial charge >= 0.3 is 11.9 Å². The van der Waals surface area contributed by atoms with Crippen LogP contribution in [0.3, 0.4) is 0 Å². The number of aromatic nitrogens is 1. The number of nitrogens with one attached hydrogen (secondary N) is 3. The maximum absolute atomic E-state index is 14.3. The van der Waals surface area contributed by atoms with Gasteiger partial charge in [0.1, 0.15) is 22.6 Å². The number of halogens is 1. The smallest absolute Gasteiger partial charge is 0.308 e. The molecule has 0 aliphatic carbocycles. The molecule has 1 heterocycles. The van der Waals surface area contributed by atoms with Crippen molar-refractivity contribution in [2.45, 2.75) is 97.4 Å². The molecule has 306 valence electrons. The summed E-state index contributed by atoms with van der Waals surface area (Å²) in [5.74, 6) is -3.53. The topological polar surface area (TPSA) is 156 Å². The molecule has 0 unspecified atom stereocenters. The number of esters is 2. The van der Waals surface area contributed by atoms with E-state index < -0.39 is 53.7 Å². The first-order chi connectivity index (χ1) is 26.6. The van der Waals surface area contributed by atoms with Crippen LogP contribution in [0, 0.1) is 23.6 Å². The van der Waals surface area contributed by atoms with Gasteiger partial charge in [0.15, 0.2) is 6.10 Å². The molecule has 6 atom stereocenters. The summed E-state index contributed by atoms with van der Waals surface area (Å²) in [4.78, 5) is 72.1. The number of unbranched alkanes of at least 4 members (excludes halogenated alkanes) is 1. The molecule has 0 saturated carbocycles. The van der Waals surface area contributed by atoms with E-state index in [-0.39, 0.29) is 35.8 Å². The van der Waals surface area contributed by atoms with Gasteiger partial charge in [-0.15, -0.1) is 11.3 Å². The van der Waals surface area contributed by atoms with E-state index in [4.69, 9.17) is 9.47 Å². The van der Waals surface area contributed by atoms with Gasteiger partial charge in [0.25, 0.3) is 5.91 Å². The lowest BCUT2D eigenvalue weighted by Gasteiger charge is -2.36. The minimum Gasteiger partial charge on any atom is -0.469 e. The molecule has 3 N–H and O–H groups in total. The summed E-state index contributed by atoms with van der Waals surface area (Å²) in [6.07, 6.45) is 2.44. The largest absolute Gasteiger partial charge is 0.469 e. The second-order valence-corrected chi connectivity index (χ2v) is 15.6. The van der Waals surface area contributed by atoms with Crippen molar-refractivity contribution in [1.29, 1.82) is 0 Å². The lowest BCUT2D eigenvalue weighted by Crippen LogP contribution is -2.48. The maximum atomic E-state index is 14.3. The van der Waals surface area contributed by atoms with Crippen molar-refractivity contribution in [3.8, 4) is 0 Å². The highest BCUT2D eigenvalue weighted by atomic mass is 32.1. The average Bonchev–Trinajstić information content (AvgIpc) is 3.67. The molecule has 0 aliphatic heterocycles. The third-order valence-electron chi connectivity index (χ3n) is 9.81. The number of carbonyl (C=O) groups is 5. The zero-order valence-electron chi connectivity index (χ0n) is 33.8. The van der Waals surface area contributed by atoms with Gasteiger partial charge in [-0.2, -0.15) is 0 Å². The average molecular weight is 796 g/mol. The molecule has 3 rings (SSSR count). The van der Waals surface area contributed by atoms with Gasteiger partial charge in [0.2, 0.25) is 11.8 Å². The quantitative estimate of drug-likeness (QED) is 0.0799. The molecule has 2 aromatic carbocycles. The second-order valence-electron chi connectivity index (χ2n) is 14.7. The minimum atomic E-state index is -1.10. The summed E-state index contributed by atoms with van der Waals surface area (Å²) in [5, 5.41) is 11.0. The first kappa shape index (κ1) is 45.7. The summed E-state index contributed by atoms with van der Waals surface area (Å²) >= 11 is 1.16. The normalized spacial score (nSPS) is 14.5. The fourth-order valence-electron chi connectivity index (χ4n) is 6.59. The summed E-state index contributed by atoms with van der Waals surface area (Å²) in [6, 6.07) is 13.1. The van der Waals surface area contributed by atoms with E-state index in [1.54, 1.807) is 19.4 Å². The number of methoxy groups -OCH3 is 1. The molecule has 0 spiro atoms. The van der Waals surface area contributed by atoms with Crippen LogP contribution >= 0.6 is 11.3 Å². The predicted octanol–water partition coefficient (Wildman–Crippen LogP) is 6.18. The highest BCUT2D eigenvalue weighted by Gasteiger charge is 2.35. The van der Waals surface area contributed by atoms with E-state index in [2.05, 4.69) is 20.9 Å². The van der Waals surface area contributed by atoms with Crippen molar-refractivity contribution in [1.82, 2.24) is 25.8 Å². The number of nitrogens with zero attached hydrogens (tertiary/aromatic N) is 2. The monoisotopic (exact) mass is 795 g/mol. The third kappa shape index (κ3) is 14.1. The van der Waals surface area contributed by atoms with Gasteiger partial charge < -0.3 is 30.3 Å². The Balaban J connectivity index is 1.85. The number of amides is 3. The summed E-state index contributed by atoms with van der Waals surface area (Å²) in [6.45, 7) is 9.55. The Bertz CT molecular complexity index is 1720. The number of benzene rings is 2. The van der Waals surface area contributed by atoms with Crippen LogP contribution in [0.15, 0.2) is 60.0 Å². The summed E-state index contributed by atoms with van der Waals surface area (Å²) in [5.41, 5.74) is 1.54. The summed E-state index contributed by atoms with van der Waals surface area (Å²) < 4.78 is 24.7. The zero-order chi connectivity index (χ0) is 41.4. The minimum absolute atomic E-state index is 0.121. The number of rotatable bonds is 22. The zero-order valence-corrected chi connectivity index (χ0v) is 34.6. The molecule has 0 saturated heterocycles. The Morgan fingerprint density at radius 2 is 1.59 bits per heavy atom. The summed E-state index contributed by atoms with van der Waals surface area (Å²) in [7, 11) is 4.83. The van der Waals surface area contributed by atoms with Gasteiger partial charge in [0, 0.05) is 43.8 Å². The first-order valence-electron chi connectivity index (χ1n) is 19.2. The van der Waals surface area contributed by atoms with Gasteiger partial charge in [-0.25, -0.2) is 9.37 Å². The van der Waals surface area contributed by atoms with Crippen LogP contribution in [0.1, 0.15) is 105 Å². The van der Waals surface area contributed by atoms with Crippen molar-refractivity contribution < 1.29 is 37.8 Å². The highest BCUT2D eigenvalue weighted by molar-refractivity contribution is 7.09. The Labute approximate surface area is 334 Å². The van der Waals surface area contributed by atoms with Crippen LogP contribution in [0.5, 0.6) is 0 Å². The van der Waals surface area contributed by atoms with E-state index >= 15 is 0 Å². The molecule has 0 radical (unpaired) electrons. The maximum Gasteiger partial charge on any atom is 0.308 e. The van der Waals surface area contributed by atoms with Crippen molar-refractivity contribution in [2.24, 2.45) is 17.8 Å². The van der Waals surface area contributed by atoms with Crippen LogP contribution in [0.2, 0.25) is 0 Å². The molecule has 0 aliphatic rings. The molecule has 56 heavy (non-hydrogen) atoms. The van der Waals surface area contributed by atoms with Crippen LogP contribution in [0.4, 0.5) is 4.39 Å². The van der Waals surface area contributed by atoms with Gasteiger partial charge in [-0.3, -0.25) is 24.0 Å². The Morgan fingerprint density at radius 3 is 2.20 bits per heavy atom. The number of hydrogen-bond acceptors (Lipinski definition) is 10. The number of ether oxygens (including phenoxy) is 2. The Morgan fingerprint density at radius 1 is 0.911 bits per heavy atom. The van der Waals surface area contributed by atoms with Crippen molar-refractivity contribution in [2.75, 3.05) is 27.7 Å². The SMILES string of the molecule is CNCCCC[C@@H](C)C(=O)N[C@H](C(=O)N(C)[C@H](C[C@@H](OC(C)=O)c1nc(C(=O)N[C@@H](Cc2ccccc2)C[C@H](C)C(=O)OC)cs1)C(C)C)c1ccc(F)cc1. The van der Waals surface area contributed by atoms with Crippen molar-refractivity contribution in [3.63, 3.8) is 0 Å². The standard InChI is InChI=1S/C42H58FN5O7S/c1-26(2)35(48(7)41(52)37(31-17-19-32(43)20-18-31)47-38(50)27(3)14-12-13-21-44-6)24-36(55-29(5)49)40-46-34(25-56-40)39(51)45-33(22-28(4)42(53)54-8)23-30-15-10-9-11-16-30/h9-11,15-20,25-28,33,35-37,44H,12-14,21-24H2,1-8H3,(H,45,51)(H,47,50)/t27-,28+,33-,35-,36-,37+/m1/s1. The molecular formula is C42H58FN5O7S. The van der Waals surface area contributed by atoms with Gasteiger partial charge in [-0.05, 0) is 68.5 Å². The van der Waals surface area contributed by atoms with Crippen LogP contribution < -0.4 is 16.0 Å². The first-order valence-corrected chi connectivity index (χ1v) is 20.0.